The summed E-state index contributed by atoms with van der Waals surface area (Å²) in [4.78, 5) is 13.9. The number of methoxy groups -OCH3 is 1. The van der Waals surface area contributed by atoms with Crippen molar-refractivity contribution in [2.45, 2.75) is 32.4 Å². The van der Waals surface area contributed by atoms with E-state index in [1.54, 1.807) is 6.07 Å². The van der Waals surface area contributed by atoms with Crippen LogP contribution in [0.4, 0.5) is 5.69 Å². The molecule has 4 nitrogen and oxygen atoms in total. The van der Waals surface area contributed by atoms with E-state index in [0.29, 0.717) is 17.6 Å². The summed E-state index contributed by atoms with van der Waals surface area (Å²) in [6, 6.07) is 8.54. The first kappa shape index (κ1) is 13.9. The number of rotatable bonds is 4. The lowest BCUT2D eigenvalue weighted by atomic mass is 10.2. The summed E-state index contributed by atoms with van der Waals surface area (Å²) in [7, 11) is 1.40. The van der Waals surface area contributed by atoms with Gasteiger partial charge in [-0.25, -0.2) is 4.79 Å². The lowest BCUT2D eigenvalue weighted by Crippen LogP contribution is -2.31. The average molecular weight is 262 g/mol. The Bertz CT molecular complexity index is 446. The van der Waals surface area contributed by atoms with Gasteiger partial charge in [0.1, 0.15) is 0 Å². The van der Waals surface area contributed by atoms with Crippen LogP contribution in [0.2, 0.25) is 0 Å². The molecule has 1 saturated heterocycles. The Morgan fingerprint density at radius 1 is 1.47 bits per heavy atom. The van der Waals surface area contributed by atoms with Crippen molar-refractivity contribution in [3.63, 3.8) is 0 Å². The molecule has 1 aliphatic rings. The zero-order valence-corrected chi connectivity index (χ0v) is 11.8. The van der Waals surface area contributed by atoms with Crippen molar-refractivity contribution in [1.29, 1.82) is 0 Å². The van der Waals surface area contributed by atoms with Gasteiger partial charge < -0.3 is 10.1 Å². The van der Waals surface area contributed by atoms with Crippen molar-refractivity contribution in [2.75, 3.05) is 25.5 Å². The predicted octanol–water partition coefficient (Wildman–Crippen LogP) is 2.37. The molecular weight excluding hydrogens is 240 g/mol. The number of esters is 1. The normalized spacial score (nSPS) is 19.7. The van der Waals surface area contributed by atoms with Gasteiger partial charge in [-0.15, -0.1) is 0 Å². The van der Waals surface area contributed by atoms with Gasteiger partial charge in [0.2, 0.25) is 0 Å². The molecule has 104 valence electrons. The lowest BCUT2D eigenvalue weighted by molar-refractivity contribution is 0.0601. The molecule has 1 unspecified atom stereocenters. The summed E-state index contributed by atoms with van der Waals surface area (Å²) in [5, 5.41) is 3.50. The van der Waals surface area contributed by atoms with Gasteiger partial charge in [-0.2, -0.15) is 0 Å². The minimum absolute atomic E-state index is 0.293. The fraction of sp³-hybridized carbons (Fsp3) is 0.533. The molecular formula is C15H22N2O2. The van der Waals surface area contributed by atoms with Crippen LogP contribution in [0, 0.1) is 0 Å². The molecule has 1 N–H and O–H groups in total. The number of hydrogen-bond acceptors (Lipinski definition) is 4. The Labute approximate surface area is 114 Å². The number of nitrogens with one attached hydrogen (secondary N) is 1. The van der Waals surface area contributed by atoms with Gasteiger partial charge in [0.05, 0.1) is 12.7 Å². The van der Waals surface area contributed by atoms with Gasteiger partial charge >= 0.3 is 5.97 Å². The first-order chi connectivity index (χ1) is 9.10. The van der Waals surface area contributed by atoms with E-state index in [2.05, 4.69) is 24.1 Å². The van der Waals surface area contributed by atoms with Gasteiger partial charge in [-0.1, -0.05) is 6.07 Å². The molecule has 2 rings (SSSR count). The standard InChI is InChI=1S/C15H22N2O2/c1-11(2)17-8-7-14(10-17)16-13-6-4-5-12(9-13)15(18)19-3/h4-6,9,11,14,16H,7-8,10H2,1-3H3. The van der Waals surface area contributed by atoms with Crippen molar-refractivity contribution < 1.29 is 9.53 Å². The van der Waals surface area contributed by atoms with E-state index in [9.17, 15) is 4.79 Å². The second-order valence-electron chi connectivity index (χ2n) is 5.29. The summed E-state index contributed by atoms with van der Waals surface area (Å²) < 4.78 is 4.73. The van der Waals surface area contributed by atoms with E-state index < -0.39 is 0 Å². The molecule has 19 heavy (non-hydrogen) atoms. The molecule has 0 aromatic heterocycles. The highest BCUT2D eigenvalue weighted by molar-refractivity contribution is 5.90. The van der Waals surface area contributed by atoms with Crippen molar-refractivity contribution in [2.24, 2.45) is 0 Å². The molecule has 1 fully saturated rings. The maximum atomic E-state index is 11.5. The first-order valence-corrected chi connectivity index (χ1v) is 6.79. The highest BCUT2D eigenvalue weighted by Crippen LogP contribution is 2.18. The SMILES string of the molecule is COC(=O)c1cccc(NC2CCN(C(C)C)C2)c1. The van der Waals surface area contributed by atoms with E-state index in [1.165, 1.54) is 7.11 Å². The monoisotopic (exact) mass is 262 g/mol. The van der Waals surface area contributed by atoms with E-state index in [-0.39, 0.29) is 5.97 Å². The Balaban J connectivity index is 1.98. The maximum absolute atomic E-state index is 11.5. The van der Waals surface area contributed by atoms with Gasteiger partial charge in [0.15, 0.2) is 0 Å². The molecule has 4 heteroatoms. The third kappa shape index (κ3) is 3.47. The van der Waals surface area contributed by atoms with Crippen molar-refractivity contribution in [3.05, 3.63) is 29.8 Å². The van der Waals surface area contributed by atoms with Crippen LogP contribution in [0.1, 0.15) is 30.6 Å². The molecule has 1 aliphatic heterocycles. The van der Waals surface area contributed by atoms with Crippen LogP contribution in [-0.4, -0.2) is 43.2 Å². The number of carbonyl (C=O) groups is 1. The molecule has 0 amide bonds. The molecule has 1 aromatic rings. The van der Waals surface area contributed by atoms with Crippen molar-refractivity contribution >= 4 is 11.7 Å². The zero-order valence-electron chi connectivity index (χ0n) is 11.8. The number of carbonyl (C=O) groups excluding carboxylic acids is 1. The lowest BCUT2D eigenvalue weighted by Gasteiger charge is -2.21. The Hall–Kier alpha value is -1.55. The van der Waals surface area contributed by atoms with Crippen LogP contribution in [0.3, 0.4) is 0 Å². The van der Waals surface area contributed by atoms with Gasteiger partial charge in [-0.05, 0) is 38.5 Å². The summed E-state index contributed by atoms with van der Waals surface area (Å²) >= 11 is 0. The topological polar surface area (TPSA) is 41.6 Å². The molecule has 0 radical (unpaired) electrons. The smallest absolute Gasteiger partial charge is 0.337 e. The second-order valence-corrected chi connectivity index (χ2v) is 5.29. The molecule has 0 aliphatic carbocycles. The van der Waals surface area contributed by atoms with E-state index in [0.717, 1.165) is 25.2 Å². The van der Waals surface area contributed by atoms with Crippen molar-refractivity contribution in [3.8, 4) is 0 Å². The van der Waals surface area contributed by atoms with Crippen LogP contribution >= 0.6 is 0 Å². The molecule has 0 spiro atoms. The second kappa shape index (κ2) is 6.06. The quantitative estimate of drug-likeness (QED) is 0.846. The fourth-order valence-electron chi connectivity index (χ4n) is 2.46. The number of ether oxygens (including phenoxy) is 1. The van der Waals surface area contributed by atoms with Crippen LogP contribution in [0.5, 0.6) is 0 Å². The molecule has 0 saturated carbocycles. The predicted molar refractivity (Wildman–Crippen MR) is 76.5 cm³/mol. The van der Waals surface area contributed by atoms with Crippen LogP contribution in [-0.2, 0) is 4.74 Å². The minimum atomic E-state index is -0.293. The summed E-state index contributed by atoms with van der Waals surface area (Å²) in [6.07, 6.45) is 1.14. The zero-order chi connectivity index (χ0) is 13.8. The van der Waals surface area contributed by atoms with Crippen LogP contribution < -0.4 is 5.32 Å². The fourth-order valence-corrected chi connectivity index (χ4v) is 2.46. The van der Waals surface area contributed by atoms with Gasteiger partial charge in [0, 0.05) is 30.9 Å². The largest absolute Gasteiger partial charge is 0.465 e. The number of hydrogen-bond donors (Lipinski definition) is 1. The number of likely N-dealkylation sites (tertiary alicyclic amines) is 1. The Morgan fingerprint density at radius 2 is 2.26 bits per heavy atom. The highest BCUT2D eigenvalue weighted by Gasteiger charge is 2.23. The maximum Gasteiger partial charge on any atom is 0.337 e. The third-order valence-corrected chi connectivity index (χ3v) is 3.60. The van der Waals surface area contributed by atoms with E-state index >= 15 is 0 Å². The third-order valence-electron chi connectivity index (χ3n) is 3.60. The van der Waals surface area contributed by atoms with Crippen LogP contribution in [0.15, 0.2) is 24.3 Å². The average Bonchev–Trinajstić information content (AvgIpc) is 2.87. The molecule has 1 heterocycles. The number of benzene rings is 1. The Morgan fingerprint density at radius 3 is 2.89 bits per heavy atom. The van der Waals surface area contributed by atoms with E-state index in [4.69, 9.17) is 4.74 Å². The first-order valence-electron chi connectivity index (χ1n) is 6.79. The van der Waals surface area contributed by atoms with Gasteiger partial charge in [-0.3, -0.25) is 4.90 Å². The minimum Gasteiger partial charge on any atom is -0.465 e. The summed E-state index contributed by atoms with van der Waals surface area (Å²) in [6.45, 7) is 6.63. The molecule has 1 atom stereocenters. The van der Waals surface area contributed by atoms with E-state index in [1.807, 2.05) is 18.2 Å². The molecule has 0 bridgehead atoms. The highest BCUT2D eigenvalue weighted by atomic mass is 16.5. The number of nitrogens with zero attached hydrogens (tertiary/aromatic N) is 1. The summed E-state index contributed by atoms with van der Waals surface area (Å²) in [5.41, 5.74) is 1.57. The number of anilines is 1. The Kier molecular flexibility index (Phi) is 4.43. The molecule has 1 aromatic carbocycles. The van der Waals surface area contributed by atoms with Crippen molar-refractivity contribution in [1.82, 2.24) is 4.90 Å². The van der Waals surface area contributed by atoms with Gasteiger partial charge in [0.25, 0.3) is 0 Å². The summed E-state index contributed by atoms with van der Waals surface area (Å²) in [5.74, 6) is -0.293. The van der Waals surface area contributed by atoms with Crippen LogP contribution in [0.25, 0.3) is 0 Å².